The lowest BCUT2D eigenvalue weighted by Crippen LogP contribution is -2.25. The van der Waals surface area contributed by atoms with E-state index >= 15 is 0 Å². The molecule has 2 aromatic carbocycles. The molecule has 3 aromatic rings. The van der Waals surface area contributed by atoms with Crippen molar-refractivity contribution in [2.45, 2.75) is 18.9 Å². The molecule has 0 unspecified atom stereocenters. The van der Waals surface area contributed by atoms with Gasteiger partial charge in [-0.3, -0.25) is 4.79 Å². The summed E-state index contributed by atoms with van der Waals surface area (Å²) >= 11 is 0. The molecular weight excluding hydrogens is 312 g/mol. The van der Waals surface area contributed by atoms with Gasteiger partial charge < -0.3 is 10.6 Å². The highest BCUT2D eigenvalue weighted by Crippen LogP contribution is 2.21. The zero-order chi connectivity index (χ0) is 17.1. The molecule has 4 rings (SSSR count). The molecule has 0 saturated heterocycles. The average molecular weight is 330 g/mol. The summed E-state index contributed by atoms with van der Waals surface area (Å²) in [6.45, 7) is 0. The van der Waals surface area contributed by atoms with E-state index in [4.69, 9.17) is 0 Å². The van der Waals surface area contributed by atoms with E-state index in [1.54, 1.807) is 6.20 Å². The van der Waals surface area contributed by atoms with E-state index in [1.165, 1.54) is 0 Å². The Balaban J connectivity index is 1.51. The molecule has 124 valence electrons. The first-order valence-electron chi connectivity index (χ1n) is 8.34. The van der Waals surface area contributed by atoms with Crippen LogP contribution in [0, 0.1) is 0 Å². The minimum absolute atomic E-state index is 0.0190. The van der Waals surface area contributed by atoms with Gasteiger partial charge in [-0.15, -0.1) is 0 Å². The minimum atomic E-state index is -0.0190. The van der Waals surface area contributed by atoms with E-state index in [2.05, 4.69) is 20.6 Å². The molecule has 1 aliphatic carbocycles. The summed E-state index contributed by atoms with van der Waals surface area (Å²) in [6, 6.07) is 19.4. The third-order valence-electron chi connectivity index (χ3n) is 4.02. The van der Waals surface area contributed by atoms with Gasteiger partial charge in [-0.05, 0) is 43.2 Å². The SMILES string of the molecule is O=C(NC1CC1)c1ccc(-c2nccc(Nc3ccccc3)n2)cc1. The second kappa shape index (κ2) is 6.73. The van der Waals surface area contributed by atoms with Crippen molar-refractivity contribution in [3.05, 3.63) is 72.4 Å². The first-order chi connectivity index (χ1) is 12.3. The molecule has 0 atom stereocenters. The van der Waals surface area contributed by atoms with Crippen molar-refractivity contribution in [3.8, 4) is 11.4 Å². The average Bonchev–Trinajstić information content (AvgIpc) is 3.47. The van der Waals surface area contributed by atoms with E-state index in [0.29, 0.717) is 17.4 Å². The topological polar surface area (TPSA) is 66.9 Å². The fourth-order valence-electron chi connectivity index (χ4n) is 2.50. The number of aromatic nitrogens is 2. The van der Waals surface area contributed by atoms with Crippen LogP contribution in [-0.4, -0.2) is 21.9 Å². The van der Waals surface area contributed by atoms with Gasteiger partial charge in [0.2, 0.25) is 0 Å². The molecule has 1 aromatic heterocycles. The normalized spacial score (nSPS) is 13.3. The lowest BCUT2D eigenvalue weighted by Gasteiger charge is -2.08. The summed E-state index contributed by atoms with van der Waals surface area (Å²) in [5.41, 5.74) is 2.51. The molecule has 1 saturated carbocycles. The quantitative estimate of drug-likeness (QED) is 0.747. The molecule has 5 heteroatoms. The number of anilines is 2. The minimum Gasteiger partial charge on any atom is -0.349 e. The van der Waals surface area contributed by atoms with E-state index in [9.17, 15) is 4.79 Å². The van der Waals surface area contributed by atoms with Crippen molar-refractivity contribution < 1.29 is 4.79 Å². The first kappa shape index (κ1) is 15.3. The van der Waals surface area contributed by atoms with E-state index in [-0.39, 0.29) is 5.91 Å². The number of hydrogen-bond donors (Lipinski definition) is 2. The maximum atomic E-state index is 12.0. The number of hydrogen-bond acceptors (Lipinski definition) is 4. The van der Waals surface area contributed by atoms with Gasteiger partial charge in [0.05, 0.1) is 0 Å². The number of nitrogens with one attached hydrogen (secondary N) is 2. The smallest absolute Gasteiger partial charge is 0.251 e. The van der Waals surface area contributed by atoms with Crippen LogP contribution in [0.15, 0.2) is 66.9 Å². The zero-order valence-electron chi connectivity index (χ0n) is 13.6. The number of benzene rings is 2. The Labute approximate surface area is 146 Å². The van der Waals surface area contributed by atoms with Crippen LogP contribution in [0.5, 0.6) is 0 Å². The van der Waals surface area contributed by atoms with E-state index < -0.39 is 0 Å². The van der Waals surface area contributed by atoms with Crippen molar-refractivity contribution in [2.75, 3.05) is 5.32 Å². The molecule has 1 aliphatic rings. The Morgan fingerprint density at radius 2 is 1.72 bits per heavy atom. The second-order valence-electron chi connectivity index (χ2n) is 6.08. The summed E-state index contributed by atoms with van der Waals surface area (Å²) < 4.78 is 0. The molecule has 0 aliphatic heterocycles. The van der Waals surface area contributed by atoms with Crippen molar-refractivity contribution in [1.82, 2.24) is 15.3 Å². The summed E-state index contributed by atoms with van der Waals surface area (Å²) in [5.74, 6) is 1.33. The van der Waals surface area contributed by atoms with E-state index in [1.807, 2.05) is 60.7 Å². The summed E-state index contributed by atoms with van der Waals surface area (Å²) in [5, 5.41) is 6.24. The number of rotatable bonds is 5. The Kier molecular flexibility index (Phi) is 4.12. The van der Waals surface area contributed by atoms with E-state index in [0.717, 1.165) is 29.9 Å². The van der Waals surface area contributed by atoms with Crippen LogP contribution < -0.4 is 10.6 Å². The van der Waals surface area contributed by atoms with Gasteiger partial charge in [0, 0.05) is 29.1 Å². The highest BCUT2D eigenvalue weighted by Gasteiger charge is 2.23. The highest BCUT2D eigenvalue weighted by atomic mass is 16.1. The van der Waals surface area contributed by atoms with Crippen LogP contribution in [-0.2, 0) is 0 Å². The molecule has 5 nitrogen and oxygen atoms in total. The van der Waals surface area contributed by atoms with Crippen molar-refractivity contribution in [1.29, 1.82) is 0 Å². The lowest BCUT2D eigenvalue weighted by molar-refractivity contribution is 0.0951. The van der Waals surface area contributed by atoms with Crippen molar-refractivity contribution in [2.24, 2.45) is 0 Å². The maximum absolute atomic E-state index is 12.0. The Hall–Kier alpha value is -3.21. The van der Waals surface area contributed by atoms with Crippen molar-refractivity contribution >= 4 is 17.4 Å². The van der Waals surface area contributed by atoms with Gasteiger partial charge in [0.1, 0.15) is 5.82 Å². The first-order valence-corrected chi connectivity index (χ1v) is 8.34. The molecule has 2 N–H and O–H groups in total. The fraction of sp³-hybridized carbons (Fsp3) is 0.150. The van der Waals surface area contributed by atoms with Gasteiger partial charge in [-0.25, -0.2) is 9.97 Å². The molecule has 0 bridgehead atoms. The van der Waals surface area contributed by atoms with Crippen LogP contribution >= 0.6 is 0 Å². The van der Waals surface area contributed by atoms with Gasteiger partial charge in [0.25, 0.3) is 5.91 Å². The van der Waals surface area contributed by atoms with Gasteiger partial charge in [0.15, 0.2) is 5.82 Å². The predicted octanol–water partition coefficient (Wildman–Crippen LogP) is 3.78. The molecule has 25 heavy (non-hydrogen) atoms. The highest BCUT2D eigenvalue weighted by molar-refractivity contribution is 5.95. The summed E-state index contributed by atoms with van der Waals surface area (Å²) in [4.78, 5) is 20.9. The number of carbonyl (C=O) groups excluding carboxylic acids is 1. The zero-order valence-corrected chi connectivity index (χ0v) is 13.6. The molecule has 0 radical (unpaired) electrons. The molecule has 1 heterocycles. The van der Waals surface area contributed by atoms with Gasteiger partial charge >= 0.3 is 0 Å². The third-order valence-corrected chi connectivity index (χ3v) is 4.02. The van der Waals surface area contributed by atoms with Crippen LogP contribution in [0.4, 0.5) is 11.5 Å². The summed E-state index contributed by atoms with van der Waals surface area (Å²) in [6.07, 6.45) is 3.89. The standard InChI is InChI=1S/C20H18N4O/c25-20(23-17-10-11-17)15-8-6-14(7-9-15)19-21-13-12-18(24-19)22-16-4-2-1-3-5-16/h1-9,12-13,17H,10-11H2,(H,23,25)(H,21,22,24). The molecule has 1 amide bonds. The fourth-order valence-corrected chi connectivity index (χ4v) is 2.50. The number of nitrogens with zero attached hydrogens (tertiary/aromatic N) is 2. The predicted molar refractivity (Wildman–Crippen MR) is 97.7 cm³/mol. The van der Waals surface area contributed by atoms with Crippen LogP contribution in [0.1, 0.15) is 23.2 Å². The Morgan fingerprint density at radius 3 is 2.44 bits per heavy atom. The second-order valence-corrected chi connectivity index (χ2v) is 6.08. The molecular formula is C20H18N4O. The maximum Gasteiger partial charge on any atom is 0.251 e. The largest absolute Gasteiger partial charge is 0.349 e. The van der Waals surface area contributed by atoms with Crippen molar-refractivity contribution in [3.63, 3.8) is 0 Å². The molecule has 1 fully saturated rings. The number of carbonyl (C=O) groups is 1. The third kappa shape index (κ3) is 3.83. The Bertz CT molecular complexity index is 874. The summed E-state index contributed by atoms with van der Waals surface area (Å²) in [7, 11) is 0. The molecule has 0 spiro atoms. The number of para-hydroxylation sites is 1. The lowest BCUT2D eigenvalue weighted by atomic mass is 10.1. The van der Waals surface area contributed by atoms with Gasteiger partial charge in [-0.1, -0.05) is 30.3 Å². The van der Waals surface area contributed by atoms with Gasteiger partial charge in [-0.2, -0.15) is 0 Å². The van der Waals surface area contributed by atoms with Crippen LogP contribution in [0.3, 0.4) is 0 Å². The van der Waals surface area contributed by atoms with Crippen LogP contribution in [0.25, 0.3) is 11.4 Å². The number of amides is 1. The monoisotopic (exact) mass is 330 g/mol. The van der Waals surface area contributed by atoms with Crippen LogP contribution in [0.2, 0.25) is 0 Å². The Morgan fingerprint density at radius 1 is 0.960 bits per heavy atom.